The molecule has 0 amide bonds. The average Bonchev–Trinajstić information content (AvgIpc) is 2.12. The standard InChI is InChI=1S/C8H9NO/c1-7(10)8-5-3-2-4-6-9-8/h2,4-6H,3H2,1H3. The lowest BCUT2D eigenvalue weighted by Crippen LogP contribution is -1.92. The molecule has 1 aliphatic heterocycles. The molecule has 2 nitrogen and oxygen atoms in total. The summed E-state index contributed by atoms with van der Waals surface area (Å²) in [7, 11) is 0. The molecule has 0 aromatic carbocycles. The first-order chi connectivity index (χ1) is 4.80. The highest BCUT2D eigenvalue weighted by atomic mass is 16.1. The smallest absolute Gasteiger partial charge is 0.177 e. The Kier molecular flexibility index (Phi) is 2.15. The zero-order valence-electron chi connectivity index (χ0n) is 5.87. The summed E-state index contributed by atoms with van der Waals surface area (Å²) in [6, 6.07) is 0. The number of Topliss-reactive ketones (excluding diaryl/α,β-unsaturated/α-hetero) is 1. The van der Waals surface area contributed by atoms with Crippen LogP contribution in [-0.2, 0) is 4.79 Å². The maximum atomic E-state index is 10.7. The summed E-state index contributed by atoms with van der Waals surface area (Å²) in [5, 5.41) is 0. The van der Waals surface area contributed by atoms with E-state index in [0.29, 0.717) is 5.70 Å². The Balaban J connectivity index is 2.78. The van der Waals surface area contributed by atoms with Gasteiger partial charge in [-0.2, -0.15) is 0 Å². The van der Waals surface area contributed by atoms with Crippen LogP contribution in [0.1, 0.15) is 13.3 Å². The quantitative estimate of drug-likeness (QED) is 0.535. The highest BCUT2D eigenvalue weighted by Gasteiger charge is 1.99. The van der Waals surface area contributed by atoms with Crippen LogP contribution in [0.5, 0.6) is 0 Å². The zero-order valence-corrected chi connectivity index (χ0v) is 5.87. The Hall–Kier alpha value is -1.18. The van der Waals surface area contributed by atoms with Crippen LogP contribution < -0.4 is 0 Å². The Bertz CT molecular complexity index is 223. The van der Waals surface area contributed by atoms with E-state index in [-0.39, 0.29) is 5.78 Å². The highest BCUT2D eigenvalue weighted by molar-refractivity contribution is 5.95. The van der Waals surface area contributed by atoms with Crippen molar-refractivity contribution in [1.82, 2.24) is 0 Å². The van der Waals surface area contributed by atoms with Crippen LogP contribution in [0.4, 0.5) is 0 Å². The highest BCUT2D eigenvalue weighted by Crippen LogP contribution is 2.03. The van der Waals surface area contributed by atoms with Gasteiger partial charge in [-0.15, -0.1) is 0 Å². The molecule has 0 bridgehead atoms. The van der Waals surface area contributed by atoms with Gasteiger partial charge in [-0.25, -0.2) is 0 Å². The van der Waals surface area contributed by atoms with E-state index in [1.807, 2.05) is 18.2 Å². The number of hydrogen-bond donors (Lipinski definition) is 0. The van der Waals surface area contributed by atoms with Crippen LogP contribution in [0.3, 0.4) is 0 Å². The largest absolute Gasteiger partial charge is 0.293 e. The number of ketones is 1. The molecule has 52 valence electrons. The number of hydrogen-bond acceptors (Lipinski definition) is 2. The van der Waals surface area contributed by atoms with Gasteiger partial charge in [0.1, 0.15) is 5.70 Å². The van der Waals surface area contributed by atoms with Crippen molar-refractivity contribution >= 4 is 12.0 Å². The van der Waals surface area contributed by atoms with Crippen molar-refractivity contribution in [3.8, 4) is 0 Å². The lowest BCUT2D eigenvalue weighted by Gasteiger charge is -1.90. The molecule has 0 saturated heterocycles. The Morgan fingerprint density at radius 3 is 3.20 bits per heavy atom. The molecule has 1 rings (SSSR count). The van der Waals surface area contributed by atoms with Gasteiger partial charge in [0.05, 0.1) is 0 Å². The van der Waals surface area contributed by atoms with Crippen molar-refractivity contribution in [1.29, 1.82) is 0 Å². The molecule has 0 radical (unpaired) electrons. The molecule has 1 heterocycles. The lowest BCUT2D eigenvalue weighted by atomic mass is 10.2. The SMILES string of the molecule is CC(=O)C1=CCC=CC=N1. The van der Waals surface area contributed by atoms with E-state index in [1.165, 1.54) is 6.92 Å². The topological polar surface area (TPSA) is 29.4 Å². The number of aliphatic imine (C=N–C) groups is 1. The van der Waals surface area contributed by atoms with Crippen LogP contribution in [0.15, 0.2) is 28.9 Å². The summed E-state index contributed by atoms with van der Waals surface area (Å²) in [5.74, 6) is 0.0277. The van der Waals surface area contributed by atoms with Gasteiger partial charge in [-0.05, 0) is 12.5 Å². The van der Waals surface area contributed by atoms with Gasteiger partial charge in [0.25, 0.3) is 0 Å². The van der Waals surface area contributed by atoms with Gasteiger partial charge < -0.3 is 0 Å². The van der Waals surface area contributed by atoms with Gasteiger partial charge >= 0.3 is 0 Å². The van der Waals surface area contributed by atoms with Gasteiger partial charge in [0, 0.05) is 13.1 Å². The minimum atomic E-state index is 0.0277. The van der Waals surface area contributed by atoms with Crippen molar-refractivity contribution in [3.63, 3.8) is 0 Å². The minimum Gasteiger partial charge on any atom is -0.293 e. The fourth-order valence-electron chi connectivity index (χ4n) is 0.730. The van der Waals surface area contributed by atoms with Crippen molar-refractivity contribution in [2.24, 2.45) is 4.99 Å². The third-order valence-electron chi connectivity index (χ3n) is 1.24. The van der Waals surface area contributed by atoms with Crippen molar-refractivity contribution < 1.29 is 4.79 Å². The van der Waals surface area contributed by atoms with Crippen LogP contribution in [0.25, 0.3) is 0 Å². The van der Waals surface area contributed by atoms with Gasteiger partial charge in [-0.3, -0.25) is 9.79 Å². The molecule has 1 aliphatic rings. The van der Waals surface area contributed by atoms with E-state index < -0.39 is 0 Å². The van der Waals surface area contributed by atoms with Crippen molar-refractivity contribution in [2.45, 2.75) is 13.3 Å². The Labute approximate surface area is 60.0 Å². The van der Waals surface area contributed by atoms with Gasteiger partial charge in [0.15, 0.2) is 5.78 Å². The molecule has 0 aromatic heterocycles. The normalized spacial score (nSPS) is 16.3. The van der Waals surface area contributed by atoms with E-state index in [4.69, 9.17) is 0 Å². The summed E-state index contributed by atoms with van der Waals surface area (Å²) < 4.78 is 0. The number of nitrogens with zero attached hydrogens (tertiary/aromatic N) is 1. The van der Waals surface area contributed by atoms with Crippen LogP contribution in [-0.4, -0.2) is 12.0 Å². The van der Waals surface area contributed by atoms with E-state index in [0.717, 1.165) is 6.42 Å². The molecule has 0 aliphatic carbocycles. The molecule has 0 atom stereocenters. The Morgan fingerprint density at radius 2 is 2.50 bits per heavy atom. The van der Waals surface area contributed by atoms with E-state index in [9.17, 15) is 4.79 Å². The lowest BCUT2D eigenvalue weighted by molar-refractivity contribution is -0.113. The van der Waals surface area contributed by atoms with Crippen molar-refractivity contribution in [2.75, 3.05) is 0 Å². The van der Waals surface area contributed by atoms with Crippen LogP contribution in [0, 0.1) is 0 Å². The van der Waals surface area contributed by atoms with Gasteiger partial charge in [0.2, 0.25) is 0 Å². The average molecular weight is 135 g/mol. The molecule has 0 unspecified atom stereocenters. The maximum absolute atomic E-state index is 10.7. The molecule has 0 aromatic rings. The van der Waals surface area contributed by atoms with E-state index in [1.54, 1.807) is 6.21 Å². The predicted octanol–water partition coefficient (Wildman–Crippen LogP) is 1.49. The number of rotatable bonds is 1. The molecule has 0 saturated carbocycles. The summed E-state index contributed by atoms with van der Waals surface area (Å²) in [6.45, 7) is 1.52. The summed E-state index contributed by atoms with van der Waals surface area (Å²) in [4.78, 5) is 14.7. The van der Waals surface area contributed by atoms with Crippen molar-refractivity contribution in [3.05, 3.63) is 23.9 Å². The number of allylic oxidation sites excluding steroid dienone is 4. The third-order valence-corrected chi connectivity index (χ3v) is 1.24. The third kappa shape index (κ3) is 1.65. The van der Waals surface area contributed by atoms with Crippen LogP contribution in [0.2, 0.25) is 0 Å². The maximum Gasteiger partial charge on any atom is 0.177 e. The molecule has 10 heavy (non-hydrogen) atoms. The fourth-order valence-corrected chi connectivity index (χ4v) is 0.730. The number of carbonyl (C=O) groups excluding carboxylic acids is 1. The first-order valence-electron chi connectivity index (χ1n) is 3.21. The summed E-state index contributed by atoms with van der Waals surface area (Å²) in [5.41, 5.74) is 0.560. The zero-order chi connectivity index (χ0) is 7.40. The molecule has 0 spiro atoms. The second-order valence-corrected chi connectivity index (χ2v) is 2.09. The van der Waals surface area contributed by atoms with E-state index >= 15 is 0 Å². The van der Waals surface area contributed by atoms with Crippen LogP contribution >= 0.6 is 0 Å². The van der Waals surface area contributed by atoms with Gasteiger partial charge in [-0.1, -0.05) is 12.2 Å². The monoisotopic (exact) mass is 135 g/mol. The molecule has 2 heteroatoms. The summed E-state index contributed by atoms with van der Waals surface area (Å²) >= 11 is 0. The van der Waals surface area contributed by atoms with E-state index in [2.05, 4.69) is 4.99 Å². The predicted molar refractivity (Wildman–Crippen MR) is 41.0 cm³/mol. The molecular formula is C8H9NO. The fraction of sp³-hybridized carbons (Fsp3) is 0.250. The second-order valence-electron chi connectivity index (χ2n) is 2.09. The first kappa shape index (κ1) is 6.93. The number of carbonyl (C=O) groups is 1. The summed E-state index contributed by atoms with van der Waals surface area (Å²) in [6.07, 6.45) is 8.06. The first-order valence-corrected chi connectivity index (χ1v) is 3.21. The molecule has 0 fully saturated rings. The second kappa shape index (κ2) is 3.11. The molecular weight excluding hydrogens is 126 g/mol. The minimum absolute atomic E-state index is 0.0277. The Morgan fingerprint density at radius 1 is 1.70 bits per heavy atom. The molecule has 0 N–H and O–H groups in total.